The molecule has 2 aromatic heterocycles. The van der Waals surface area contributed by atoms with E-state index in [2.05, 4.69) is 20.4 Å². The molecule has 10 heteroatoms. The largest absolute Gasteiger partial charge is 0.490 e. The van der Waals surface area contributed by atoms with Gasteiger partial charge in [-0.05, 0) is 50.7 Å². The highest BCUT2D eigenvalue weighted by molar-refractivity contribution is 5.86. The number of amides is 1. The maximum Gasteiger partial charge on any atom is 0.225 e. The summed E-state index contributed by atoms with van der Waals surface area (Å²) in [6.45, 7) is 1.46. The van der Waals surface area contributed by atoms with Crippen LogP contribution in [0.3, 0.4) is 0 Å². The van der Waals surface area contributed by atoms with Gasteiger partial charge in [0, 0.05) is 37.3 Å². The van der Waals surface area contributed by atoms with Crippen LogP contribution in [0.25, 0.3) is 16.7 Å². The summed E-state index contributed by atoms with van der Waals surface area (Å²) in [5.41, 5.74) is 0.812. The Labute approximate surface area is 203 Å². The number of nitrogens with zero attached hydrogens (tertiary/aromatic N) is 5. The number of carbonyl (C=O) groups is 1. The molecular formula is C25H32N6O4. The Hall–Kier alpha value is -3.24. The number of benzene rings is 1. The van der Waals surface area contributed by atoms with Crippen LogP contribution in [0.5, 0.6) is 5.75 Å². The molecular weight excluding hydrogens is 448 g/mol. The first kappa shape index (κ1) is 23.5. The van der Waals surface area contributed by atoms with E-state index in [-0.39, 0.29) is 25.2 Å². The molecule has 1 amide bonds. The second-order valence-corrected chi connectivity index (χ2v) is 9.36. The number of aliphatic hydroxyl groups excluding tert-OH is 2. The van der Waals surface area contributed by atoms with Crippen LogP contribution in [0.1, 0.15) is 38.5 Å². The van der Waals surface area contributed by atoms with Crippen LogP contribution in [-0.4, -0.2) is 79.2 Å². The molecule has 1 aliphatic carbocycles. The summed E-state index contributed by atoms with van der Waals surface area (Å²) in [7, 11) is 0. The smallest absolute Gasteiger partial charge is 0.225 e. The normalized spacial score (nSPS) is 21.3. The maximum atomic E-state index is 12.7. The van der Waals surface area contributed by atoms with Gasteiger partial charge >= 0.3 is 0 Å². The molecule has 186 valence electrons. The summed E-state index contributed by atoms with van der Waals surface area (Å²) >= 11 is 0. The molecule has 35 heavy (non-hydrogen) atoms. The second-order valence-electron chi connectivity index (χ2n) is 9.36. The van der Waals surface area contributed by atoms with Crippen molar-refractivity contribution in [2.45, 2.75) is 50.7 Å². The van der Waals surface area contributed by atoms with Crippen LogP contribution in [0.2, 0.25) is 0 Å². The number of hydrogen-bond acceptors (Lipinski definition) is 8. The summed E-state index contributed by atoms with van der Waals surface area (Å²) < 4.78 is 7.39. The molecule has 0 spiro atoms. The average Bonchev–Trinajstić information content (AvgIpc) is 3.58. The Balaban J connectivity index is 1.24. The molecule has 0 radical (unpaired) electrons. The van der Waals surface area contributed by atoms with E-state index in [0.29, 0.717) is 23.4 Å². The molecule has 3 aromatic rings. The molecule has 10 nitrogen and oxygen atoms in total. The fourth-order valence-corrected chi connectivity index (χ4v) is 4.97. The standard InChI is InChI=1S/C25H32N6O4/c32-15-19(33)16-35-22-5-3-4-21-20(22)14-27-31(21)23-10-11-26-25(29-23)28-18-8-6-17(7-9-18)24(34)30-12-1-2-13-30/h3-5,10-11,14,17-19,32-33H,1-2,6-9,12-13,15-16H2,(H,26,28,29)/t17-,18-,19-/m0/s1. The maximum absolute atomic E-state index is 12.7. The summed E-state index contributed by atoms with van der Waals surface area (Å²) in [4.78, 5) is 23.8. The predicted octanol–water partition coefficient (Wildman–Crippen LogP) is 2.14. The van der Waals surface area contributed by atoms with Gasteiger partial charge in [-0.25, -0.2) is 9.67 Å². The SMILES string of the molecule is O=C([C@H]1CC[C@H](Nc2nccc(-n3ncc4c(OC[C@@H](O)CO)cccc43)n2)CC1)N1CCCC1. The molecule has 1 aliphatic heterocycles. The van der Waals surface area contributed by atoms with Crippen LogP contribution in [0, 0.1) is 5.92 Å². The topological polar surface area (TPSA) is 126 Å². The summed E-state index contributed by atoms with van der Waals surface area (Å²) in [6.07, 6.45) is 8.35. The van der Waals surface area contributed by atoms with Crippen molar-refractivity contribution in [3.05, 3.63) is 36.7 Å². The third kappa shape index (κ3) is 5.23. The lowest BCUT2D eigenvalue weighted by atomic mass is 9.85. The second kappa shape index (κ2) is 10.6. The minimum Gasteiger partial charge on any atom is -0.490 e. The van der Waals surface area contributed by atoms with E-state index in [1.165, 1.54) is 0 Å². The van der Waals surface area contributed by atoms with Crippen LogP contribution in [0.15, 0.2) is 36.7 Å². The Morgan fingerprint density at radius 2 is 1.97 bits per heavy atom. The number of aliphatic hydroxyl groups is 2. The zero-order chi connectivity index (χ0) is 24.2. The molecule has 1 aromatic carbocycles. The Morgan fingerprint density at radius 3 is 2.74 bits per heavy atom. The first-order valence-corrected chi connectivity index (χ1v) is 12.4. The van der Waals surface area contributed by atoms with Gasteiger partial charge in [0.15, 0.2) is 5.82 Å². The third-order valence-electron chi connectivity index (χ3n) is 6.90. The molecule has 3 N–H and O–H groups in total. The number of nitrogens with one attached hydrogen (secondary N) is 1. The van der Waals surface area contributed by atoms with E-state index in [1.807, 2.05) is 17.0 Å². The number of rotatable bonds is 8. The summed E-state index contributed by atoms with van der Waals surface area (Å²) in [6, 6.07) is 7.61. The van der Waals surface area contributed by atoms with Gasteiger partial charge in [-0.2, -0.15) is 10.1 Å². The van der Waals surface area contributed by atoms with E-state index in [1.54, 1.807) is 29.2 Å². The number of ether oxygens (including phenoxy) is 1. The van der Waals surface area contributed by atoms with E-state index in [4.69, 9.17) is 9.84 Å². The molecule has 1 atom stereocenters. The zero-order valence-corrected chi connectivity index (χ0v) is 19.7. The van der Waals surface area contributed by atoms with Crippen molar-refractivity contribution < 1.29 is 19.7 Å². The van der Waals surface area contributed by atoms with Gasteiger partial charge in [0.05, 0.1) is 23.7 Å². The highest BCUT2D eigenvalue weighted by atomic mass is 16.5. The number of likely N-dealkylation sites (tertiary alicyclic amines) is 1. The number of anilines is 1. The fourth-order valence-electron chi connectivity index (χ4n) is 4.97. The van der Waals surface area contributed by atoms with Gasteiger partial charge < -0.3 is 25.2 Å². The molecule has 3 heterocycles. The summed E-state index contributed by atoms with van der Waals surface area (Å²) in [5, 5.41) is 27.3. The van der Waals surface area contributed by atoms with Gasteiger partial charge in [-0.3, -0.25) is 4.79 Å². The minimum atomic E-state index is -0.941. The lowest BCUT2D eigenvalue weighted by Gasteiger charge is -2.30. The molecule has 2 fully saturated rings. The van der Waals surface area contributed by atoms with Crippen LogP contribution < -0.4 is 10.1 Å². The van der Waals surface area contributed by atoms with Crippen molar-refractivity contribution in [3.8, 4) is 11.6 Å². The minimum absolute atomic E-state index is 0.00571. The van der Waals surface area contributed by atoms with E-state index in [0.717, 1.165) is 62.5 Å². The van der Waals surface area contributed by atoms with Gasteiger partial charge in [0.1, 0.15) is 18.5 Å². The molecule has 2 aliphatic rings. The van der Waals surface area contributed by atoms with Gasteiger partial charge in [0.2, 0.25) is 11.9 Å². The lowest BCUT2D eigenvalue weighted by molar-refractivity contribution is -0.135. The van der Waals surface area contributed by atoms with E-state index in [9.17, 15) is 9.90 Å². The molecule has 5 rings (SSSR count). The summed E-state index contributed by atoms with van der Waals surface area (Å²) in [5.74, 6) is 2.22. The van der Waals surface area contributed by atoms with Gasteiger partial charge in [0.25, 0.3) is 0 Å². The van der Waals surface area contributed by atoms with Crippen LogP contribution in [-0.2, 0) is 4.79 Å². The molecule has 1 saturated heterocycles. The predicted molar refractivity (Wildman–Crippen MR) is 130 cm³/mol. The first-order chi connectivity index (χ1) is 17.1. The van der Waals surface area contributed by atoms with Crippen molar-refractivity contribution in [1.82, 2.24) is 24.6 Å². The number of aromatic nitrogens is 4. The first-order valence-electron chi connectivity index (χ1n) is 12.4. The molecule has 1 saturated carbocycles. The lowest BCUT2D eigenvalue weighted by Crippen LogP contribution is -2.37. The quantitative estimate of drug-likeness (QED) is 0.448. The van der Waals surface area contributed by atoms with Crippen molar-refractivity contribution in [2.75, 3.05) is 31.6 Å². The number of carbonyl (C=O) groups excluding carboxylic acids is 1. The Morgan fingerprint density at radius 1 is 1.17 bits per heavy atom. The van der Waals surface area contributed by atoms with E-state index >= 15 is 0 Å². The number of hydrogen-bond donors (Lipinski definition) is 3. The number of fused-ring (bicyclic) bond motifs is 1. The van der Waals surface area contributed by atoms with Gasteiger partial charge in [-0.1, -0.05) is 6.07 Å². The molecule has 0 unspecified atom stereocenters. The highest BCUT2D eigenvalue weighted by Crippen LogP contribution is 2.30. The highest BCUT2D eigenvalue weighted by Gasteiger charge is 2.30. The van der Waals surface area contributed by atoms with Crippen molar-refractivity contribution in [1.29, 1.82) is 0 Å². The van der Waals surface area contributed by atoms with Crippen molar-refractivity contribution in [2.24, 2.45) is 5.92 Å². The molecule has 0 bridgehead atoms. The van der Waals surface area contributed by atoms with Crippen molar-refractivity contribution in [3.63, 3.8) is 0 Å². The monoisotopic (exact) mass is 480 g/mol. The van der Waals surface area contributed by atoms with Crippen LogP contribution in [0.4, 0.5) is 5.95 Å². The van der Waals surface area contributed by atoms with Gasteiger partial charge in [-0.15, -0.1) is 0 Å². The van der Waals surface area contributed by atoms with Crippen molar-refractivity contribution >= 4 is 22.8 Å². The Bertz CT molecular complexity index is 1150. The Kier molecular flexibility index (Phi) is 7.10. The van der Waals surface area contributed by atoms with E-state index < -0.39 is 6.10 Å². The average molecular weight is 481 g/mol. The third-order valence-corrected chi connectivity index (χ3v) is 6.90. The van der Waals surface area contributed by atoms with Crippen LogP contribution >= 0.6 is 0 Å². The fraction of sp³-hybridized carbons (Fsp3) is 0.520. The zero-order valence-electron chi connectivity index (χ0n) is 19.7.